The number of para-hydroxylation sites is 1. The Morgan fingerprint density at radius 2 is 1.81 bits per heavy atom. The molecule has 6 nitrogen and oxygen atoms in total. The van der Waals surface area contributed by atoms with Crippen LogP contribution in [0.1, 0.15) is 37.9 Å². The van der Waals surface area contributed by atoms with Gasteiger partial charge in [-0.15, -0.1) is 0 Å². The number of amides is 1. The van der Waals surface area contributed by atoms with E-state index in [2.05, 4.69) is 9.97 Å². The Hall–Kier alpha value is -1.88. The Morgan fingerprint density at radius 3 is 2.45 bits per heavy atom. The van der Waals surface area contributed by atoms with E-state index in [1.807, 2.05) is 0 Å². The lowest BCUT2D eigenvalue weighted by atomic mass is 10.1. The minimum atomic E-state index is -4.70. The van der Waals surface area contributed by atoms with Gasteiger partial charge in [0, 0.05) is 17.5 Å². The lowest BCUT2D eigenvalue weighted by molar-refractivity contribution is -0.145. The molecule has 1 aliphatic carbocycles. The first-order valence-electron chi connectivity index (χ1n) is 10.1. The van der Waals surface area contributed by atoms with E-state index >= 15 is 0 Å². The zero-order valence-electron chi connectivity index (χ0n) is 16.6. The predicted octanol–water partition coefficient (Wildman–Crippen LogP) is 3.70. The van der Waals surface area contributed by atoms with Crippen molar-refractivity contribution in [2.45, 2.75) is 55.4 Å². The van der Waals surface area contributed by atoms with Gasteiger partial charge in [0.1, 0.15) is 5.03 Å². The number of carbonyl (C=O) groups is 1. The fraction of sp³-hybridized carbons (Fsp3) is 0.550. The Balaban J connectivity index is 1.58. The fourth-order valence-corrected chi connectivity index (χ4v) is 6.97. The third-order valence-corrected chi connectivity index (χ3v) is 8.49. The van der Waals surface area contributed by atoms with Gasteiger partial charge in [0.15, 0.2) is 9.84 Å². The SMILES string of the molecule is O=C(CSc1nc(C(F)(F)F)nc2ccccc12)N(C1CCCC1)[C@H]1CCS(=O)(=O)C1. The highest BCUT2D eigenvalue weighted by Crippen LogP contribution is 2.34. The van der Waals surface area contributed by atoms with Crippen molar-refractivity contribution in [2.75, 3.05) is 17.3 Å². The fourth-order valence-electron chi connectivity index (χ4n) is 4.37. The van der Waals surface area contributed by atoms with Crippen LogP contribution in [0, 0.1) is 0 Å². The third kappa shape index (κ3) is 4.97. The summed E-state index contributed by atoms with van der Waals surface area (Å²) in [6.07, 6.45) is -0.691. The molecule has 2 aliphatic rings. The van der Waals surface area contributed by atoms with Crippen LogP contribution in [-0.4, -0.2) is 58.5 Å². The molecule has 2 fully saturated rings. The van der Waals surface area contributed by atoms with E-state index in [-0.39, 0.29) is 45.8 Å². The smallest absolute Gasteiger partial charge is 0.335 e. The van der Waals surface area contributed by atoms with E-state index < -0.39 is 21.8 Å². The van der Waals surface area contributed by atoms with Crippen molar-refractivity contribution in [3.63, 3.8) is 0 Å². The van der Waals surface area contributed by atoms with Crippen molar-refractivity contribution < 1.29 is 26.4 Å². The summed E-state index contributed by atoms with van der Waals surface area (Å²) >= 11 is 0.942. The molecule has 1 amide bonds. The second kappa shape index (κ2) is 8.57. The van der Waals surface area contributed by atoms with Gasteiger partial charge in [0.25, 0.3) is 0 Å². The van der Waals surface area contributed by atoms with Crippen molar-refractivity contribution in [1.29, 1.82) is 0 Å². The average Bonchev–Trinajstić information content (AvgIpc) is 3.35. The first-order valence-corrected chi connectivity index (χ1v) is 12.9. The van der Waals surface area contributed by atoms with Crippen molar-refractivity contribution in [3.8, 4) is 0 Å². The van der Waals surface area contributed by atoms with Crippen LogP contribution in [0.5, 0.6) is 0 Å². The molecule has 0 spiro atoms. The number of halogens is 3. The summed E-state index contributed by atoms with van der Waals surface area (Å²) < 4.78 is 63.7. The third-order valence-electron chi connectivity index (χ3n) is 5.76. The number of fused-ring (bicyclic) bond motifs is 1. The van der Waals surface area contributed by atoms with E-state index in [0.717, 1.165) is 37.4 Å². The normalized spacial score (nSPS) is 21.6. The minimum absolute atomic E-state index is 0.0146. The van der Waals surface area contributed by atoms with Gasteiger partial charge in [0.05, 0.1) is 22.8 Å². The first-order chi connectivity index (χ1) is 14.6. The monoisotopic (exact) mass is 473 g/mol. The number of sulfone groups is 1. The molecule has 168 valence electrons. The second-order valence-corrected chi connectivity index (χ2v) is 11.1. The van der Waals surface area contributed by atoms with Crippen LogP contribution in [0.3, 0.4) is 0 Å². The number of rotatable bonds is 5. The molecule has 1 saturated heterocycles. The molecule has 2 aromatic rings. The molecule has 1 atom stereocenters. The standard InChI is InChI=1S/C20H22F3N3O3S2/c21-20(22,23)19-24-16-8-4-3-7-15(16)18(25-19)30-11-17(27)26(13-5-1-2-6-13)14-9-10-31(28,29)12-14/h3-4,7-8,13-14H,1-2,5-6,9-12H2/t14-/m0/s1. The highest BCUT2D eigenvalue weighted by Gasteiger charge is 2.39. The van der Waals surface area contributed by atoms with Gasteiger partial charge in [-0.05, 0) is 25.3 Å². The molecule has 2 heterocycles. The molecular weight excluding hydrogens is 451 g/mol. The Labute approximate surface area is 182 Å². The number of carbonyl (C=O) groups excluding carboxylic acids is 1. The van der Waals surface area contributed by atoms with E-state index in [9.17, 15) is 26.4 Å². The molecule has 0 bridgehead atoms. The average molecular weight is 474 g/mol. The number of hydrogen-bond acceptors (Lipinski definition) is 6. The maximum atomic E-state index is 13.2. The second-order valence-electron chi connectivity index (χ2n) is 7.95. The van der Waals surface area contributed by atoms with Crippen LogP contribution >= 0.6 is 11.8 Å². The number of alkyl halides is 3. The highest BCUT2D eigenvalue weighted by atomic mass is 32.2. The van der Waals surface area contributed by atoms with Gasteiger partial charge in [-0.2, -0.15) is 13.2 Å². The van der Waals surface area contributed by atoms with E-state index in [4.69, 9.17) is 0 Å². The number of hydrogen-bond donors (Lipinski definition) is 0. The van der Waals surface area contributed by atoms with E-state index in [1.165, 1.54) is 6.07 Å². The van der Waals surface area contributed by atoms with Crippen LogP contribution in [0.25, 0.3) is 10.9 Å². The molecule has 4 rings (SSSR count). The Kier molecular flexibility index (Phi) is 6.17. The zero-order chi connectivity index (χ0) is 22.2. The largest absolute Gasteiger partial charge is 0.451 e. The molecule has 11 heteroatoms. The summed E-state index contributed by atoms with van der Waals surface area (Å²) in [4.78, 5) is 22.1. The van der Waals surface area contributed by atoms with E-state index in [0.29, 0.717) is 11.8 Å². The molecule has 0 N–H and O–H groups in total. The summed E-state index contributed by atoms with van der Waals surface area (Å²) in [6, 6.07) is 6.00. The topological polar surface area (TPSA) is 80.2 Å². The lowest BCUT2D eigenvalue weighted by Crippen LogP contribution is -2.47. The summed E-state index contributed by atoms with van der Waals surface area (Å²) in [5.74, 6) is -1.59. The highest BCUT2D eigenvalue weighted by molar-refractivity contribution is 8.00. The van der Waals surface area contributed by atoms with Gasteiger partial charge in [0.2, 0.25) is 11.7 Å². The number of nitrogens with zero attached hydrogens (tertiary/aromatic N) is 3. The van der Waals surface area contributed by atoms with Gasteiger partial charge < -0.3 is 4.90 Å². The molecule has 0 radical (unpaired) electrons. The van der Waals surface area contributed by atoms with Crippen LogP contribution in [0.2, 0.25) is 0 Å². The number of aromatic nitrogens is 2. The quantitative estimate of drug-likeness (QED) is 0.487. The molecular formula is C20H22F3N3O3S2. The summed E-state index contributed by atoms with van der Waals surface area (Å²) in [7, 11) is -3.17. The van der Waals surface area contributed by atoms with Crippen LogP contribution in [0.4, 0.5) is 13.2 Å². The first kappa shape index (κ1) is 22.3. The van der Waals surface area contributed by atoms with Crippen molar-refractivity contribution in [3.05, 3.63) is 30.1 Å². The van der Waals surface area contributed by atoms with E-state index in [1.54, 1.807) is 23.1 Å². The maximum absolute atomic E-state index is 13.2. The van der Waals surface area contributed by atoms with Crippen LogP contribution in [-0.2, 0) is 20.8 Å². The lowest BCUT2D eigenvalue weighted by Gasteiger charge is -2.34. The number of thioether (sulfide) groups is 1. The van der Waals surface area contributed by atoms with Gasteiger partial charge in [-0.1, -0.05) is 42.8 Å². The van der Waals surface area contributed by atoms with Crippen molar-refractivity contribution in [2.24, 2.45) is 0 Å². The molecule has 1 aliphatic heterocycles. The van der Waals surface area contributed by atoms with Gasteiger partial charge >= 0.3 is 6.18 Å². The maximum Gasteiger partial charge on any atom is 0.451 e. The Bertz CT molecular complexity index is 1090. The number of benzene rings is 1. The molecule has 31 heavy (non-hydrogen) atoms. The van der Waals surface area contributed by atoms with Crippen LogP contribution in [0.15, 0.2) is 29.3 Å². The van der Waals surface area contributed by atoms with Gasteiger partial charge in [-0.25, -0.2) is 18.4 Å². The minimum Gasteiger partial charge on any atom is -0.335 e. The molecule has 1 saturated carbocycles. The Morgan fingerprint density at radius 1 is 1.10 bits per heavy atom. The molecule has 0 unspecified atom stereocenters. The van der Waals surface area contributed by atoms with Crippen molar-refractivity contribution in [1.82, 2.24) is 14.9 Å². The van der Waals surface area contributed by atoms with Crippen molar-refractivity contribution >= 4 is 38.4 Å². The molecule has 1 aromatic heterocycles. The van der Waals surface area contributed by atoms with Crippen LogP contribution < -0.4 is 0 Å². The summed E-state index contributed by atoms with van der Waals surface area (Å²) in [5, 5.41) is 0.542. The van der Waals surface area contributed by atoms with Gasteiger partial charge in [-0.3, -0.25) is 4.79 Å². The zero-order valence-corrected chi connectivity index (χ0v) is 18.3. The summed E-state index contributed by atoms with van der Waals surface area (Å²) in [5.41, 5.74) is 0.161. The molecule has 1 aromatic carbocycles. The predicted molar refractivity (Wildman–Crippen MR) is 111 cm³/mol. The summed E-state index contributed by atoms with van der Waals surface area (Å²) in [6.45, 7) is 0.